The van der Waals surface area contributed by atoms with Crippen LogP contribution >= 0.6 is 0 Å². The van der Waals surface area contributed by atoms with Crippen LogP contribution in [0.1, 0.15) is 33.7 Å². The van der Waals surface area contributed by atoms with Crippen LogP contribution in [0.15, 0.2) is 60.7 Å². The number of anilines is 1. The molecule has 0 saturated carbocycles. The summed E-state index contributed by atoms with van der Waals surface area (Å²) >= 11 is 0. The zero-order valence-corrected chi connectivity index (χ0v) is 15.5. The van der Waals surface area contributed by atoms with Gasteiger partial charge in [-0.15, -0.1) is 0 Å². The summed E-state index contributed by atoms with van der Waals surface area (Å²) in [5.41, 5.74) is 7.50. The Morgan fingerprint density at radius 3 is 2.52 bits per heavy atom. The molecule has 0 radical (unpaired) electrons. The van der Waals surface area contributed by atoms with Gasteiger partial charge >= 0.3 is 0 Å². The van der Waals surface area contributed by atoms with E-state index < -0.39 is 11.8 Å². The van der Waals surface area contributed by atoms with Crippen LogP contribution in [0.5, 0.6) is 0 Å². The summed E-state index contributed by atoms with van der Waals surface area (Å²) in [4.78, 5) is 38.2. The largest absolute Gasteiger partial charge is 0.312 e. The number of carbonyl (C=O) groups is 3. The van der Waals surface area contributed by atoms with Crippen LogP contribution in [0.25, 0.3) is 11.3 Å². The first-order valence-electron chi connectivity index (χ1n) is 9.24. The number of aromatic nitrogens is 2. The van der Waals surface area contributed by atoms with Gasteiger partial charge in [-0.1, -0.05) is 36.4 Å². The van der Waals surface area contributed by atoms with Gasteiger partial charge in [-0.3, -0.25) is 30.3 Å². The van der Waals surface area contributed by atoms with E-state index >= 15 is 0 Å². The second-order valence-electron chi connectivity index (χ2n) is 6.64. The number of carbonyl (C=O) groups excluding carboxylic acids is 3. The molecule has 1 aromatic heterocycles. The lowest BCUT2D eigenvalue weighted by molar-refractivity contribution is -0.117. The van der Waals surface area contributed by atoms with Crippen molar-refractivity contribution in [1.82, 2.24) is 21.0 Å². The Hall–Kier alpha value is -3.94. The molecule has 146 valence electrons. The highest BCUT2D eigenvalue weighted by Gasteiger charge is 2.22. The summed E-state index contributed by atoms with van der Waals surface area (Å²) in [6.07, 6.45) is 1.32. The van der Waals surface area contributed by atoms with Gasteiger partial charge in [0.15, 0.2) is 0 Å². The van der Waals surface area contributed by atoms with Crippen molar-refractivity contribution in [3.8, 4) is 11.3 Å². The minimum atomic E-state index is -0.515. The van der Waals surface area contributed by atoms with Gasteiger partial charge in [0.1, 0.15) is 5.69 Å². The molecular formula is C21H19N5O3. The molecule has 0 bridgehead atoms. The third kappa shape index (κ3) is 4.01. The van der Waals surface area contributed by atoms with E-state index in [0.29, 0.717) is 29.9 Å². The maximum atomic E-state index is 12.4. The molecule has 1 fully saturated rings. The Bertz CT molecular complexity index is 1060. The van der Waals surface area contributed by atoms with Gasteiger partial charge in [-0.2, -0.15) is 5.10 Å². The molecule has 2 heterocycles. The first kappa shape index (κ1) is 18.4. The van der Waals surface area contributed by atoms with Crippen molar-refractivity contribution in [1.29, 1.82) is 0 Å². The number of nitrogens with zero attached hydrogens (tertiary/aromatic N) is 2. The fourth-order valence-electron chi connectivity index (χ4n) is 3.18. The van der Waals surface area contributed by atoms with Crippen LogP contribution in [0.2, 0.25) is 0 Å². The lowest BCUT2D eigenvalue weighted by Gasteiger charge is -2.16. The van der Waals surface area contributed by atoms with Crippen LogP contribution in [0.3, 0.4) is 0 Å². The molecule has 1 aliphatic rings. The van der Waals surface area contributed by atoms with Gasteiger partial charge in [0.2, 0.25) is 5.91 Å². The molecule has 3 amide bonds. The topological polar surface area (TPSA) is 107 Å². The lowest BCUT2D eigenvalue weighted by atomic mass is 10.1. The van der Waals surface area contributed by atoms with Crippen molar-refractivity contribution in [2.75, 3.05) is 11.4 Å². The van der Waals surface area contributed by atoms with E-state index in [1.165, 1.54) is 0 Å². The molecular weight excluding hydrogens is 370 g/mol. The van der Waals surface area contributed by atoms with Crippen LogP contribution in [-0.4, -0.2) is 34.5 Å². The molecule has 0 spiro atoms. The molecule has 2 aromatic carbocycles. The normalized spacial score (nSPS) is 13.4. The molecule has 0 atom stereocenters. The summed E-state index contributed by atoms with van der Waals surface area (Å²) in [5, 5.41) is 6.78. The van der Waals surface area contributed by atoms with Crippen molar-refractivity contribution < 1.29 is 14.4 Å². The molecule has 1 saturated heterocycles. The fourth-order valence-corrected chi connectivity index (χ4v) is 3.18. The number of rotatable bonds is 4. The van der Waals surface area contributed by atoms with Gasteiger partial charge in [0, 0.05) is 29.8 Å². The van der Waals surface area contributed by atoms with Gasteiger partial charge in [-0.25, -0.2) is 0 Å². The second kappa shape index (κ2) is 7.97. The average Bonchev–Trinajstić information content (AvgIpc) is 3.42. The lowest BCUT2D eigenvalue weighted by Crippen LogP contribution is -2.41. The summed E-state index contributed by atoms with van der Waals surface area (Å²) < 4.78 is 0. The van der Waals surface area contributed by atoms with Crippen molar-refractivity contribution >= 4 is 23.4 Å². The fraction of sp³-hybridized carbons (Fsp3) is 0.143. The molecule has 4 rings (SSSR count). The maximum absolute atomic E-state index is 12.4. The van der Waals surface area contributed by atoms with Crippen LogP contribution in [0.4, 0.5) is 5.69 Å². The number of hydrogen-bond acceptors (Lipinski definition) is 4. The van der Waals surface area contributed by atoms with Crippen molar-refractivity contribution in [3.05, 3.63) is 71.9 Å². The number of H-pyrrole nitrogens is 1. The molecule has 3 aromatic rings. The Kier molecular flexibility index (Phi) is 5.07. The van der Waals surface area contributed by atoms with Gasteiger partial charge in [0.25, 0.3) is 11.8 Å². The monoisotopic (exact) mass is 389 g/mol. The minimum absolute atomic E-state index is 0.0457. The summed E-state index contributed by atoms with van der Waals surface area (Å²) in [5.74, 6) is -0.946. The molecule has 0 unspecified atom stereocenters. The highest BCUT2D eigenvalue weighted by Crippen LogP contribution is 2.22. The van der Waals surface area contributed by atoms with Crippen LogP contribution in [-0.2, 0) is 4.79 Å². The Labute approximate surface area is 166 Å². The Morgan fingerprint density at radius 1 is 0.966 bits per heavy atom. The number of amides is 3. The highest BCUT2D eigenvalue weighted by molar-refractivity contribution is 6.00. The number of nitrogens with one attached hydrogen (secondary N) is 3. The van der Waals surface area contributed by atoms with Crippen molar-refractivity contribution in [2.24, 2.45) is 0 Å². The quantitative estimate of drug-likeness (QED) is 0.595. The minimum Gasteiger partial charge on any atom is -0.312 e. The summed E-state index contributed by atoms with van der Waals surface area (Å²) in [6, 6.07) is 17.8. The van der Waals surface area contributed by atoms with Crippen molar-refractivity contribution in [2.45, 2.75) is 12.8 Å². The van der Waals surface area contributed by atoms with E-state index in [-0.39, 0.29) is 11.6 Å². The first-order valence-corrected chi connectivity index (χ1v) is 9.24. The zero-order chi connectivity index (χ0) is 20.2. The van der Waals surface area contributed by atoms with Crippen LogP contribution < -0.4 is 15.8 Å². The summed E-state index contributed by atoms with van der Waals surface area (Å²) in [6.45, 7) is 0.643. The number of hydrogen-bond donors (Lipinski definition) is 3. The molecule has 0 aliphatic carbocycles. The third-order valence-corrected chi connectivity index (χ3v) is 4.68. The zero-order valence-electron chi connectivity index (χ0n) is 15.5. The van der Waals surface area contributed by atoms with E-state index in [1.807, 2.05) is 30.3 Å². The Balaban J connectivity index is 1.39. The smallest absolute Gasteiger partial charge is 0.287 e. The second-order valence-corrected chi connectivity index (χ2v) is 6.64. The molecule has 8 heteroatoms. The van der Waals surface area contributed by atoms with Gasteiger partial charge < -0.3 is 4.90 Å². The predicted molar refractivity (Wildman–Crippen MR) is 107 cm³/mol. The number of hydrazine groups is 1. The molecule has 8 nitrogen and oxygen atoms in total. The van der Waals surface area contributed by atoms with E-state index in [1.54, 1.807) is 35.2 Å². The molecule has 3 N–H and O–H groups in total. The van der Waals surface area contributed by atoms with Gasteiger partial charge in [-0.05, 0) is 30.7 Å². The first-order chi connectivity index (χ1) is 14.1. The third-order valence-electron chi connectivity index (χ3n) is 4.68. The van der Waals surface area contributed by atoms with E-state index in [4.69, 9.17) is 0 Å². The molecule has 29 heavy (non-hydrogen) atoms. The Morgan fingerprint density at radius 2 is 1.76 bits per heavy atom. The van der Waals surface area contributed by atoms with E-state index in [2.05, 4.69) is 21.0 Å². The standard InChI is InChI=1S/C21H19N5O3/c27-19-10-5-11-26(19)16-9-4-8-15(12-16)20(28)24-25-21(29)18-13-17(22-23-18)14-6-2-1-3-7-14/h1-4,6-9,12-13H,5,10-11H2,(H,22,23)(H,24,28)(H,25,29). The number of aromatic amines is 1. The van der Waals surface area contributed by atoms with Crippen molar-refractivity contribution in [3.63, 3.8) is 0 Å². The highest BCUT2D eigenvalue weighted by atomic mass is 16.2. The maximum Gasteiger partial charge on any atom is 0.287 e. The summed E-state index contributed by atoms with van der Waals surface area (Å²) in [7, 11) is 0. The van der Waals surface area contributed by atoms with Crippen LogP contribution in [0, 0.1) is 0 Å². The average molecular weight is 389 g/mol. The predicted octanol–water partition coefficient (Wildman–Crippen LogP) is 2.28. The van der Waals surface area contributed by atoms with E-state index in [9.17, 15) is 14.4 Å². The SMILES string of the molecule is O=C(NNC(=O)c1cc(-c2ccccc2)n[nH]1)c1cccc(N2CCCC2=O)c1. The molecule has 1 aliphatic heterocycles. The number of benzene rings is 2. The van der Waals surface area contributed by atoms with E-state index in [0.717, 1.165) is 12.0 Å². The van der Waals surface area contributed by atoms with Gasteiger partial charge in [0.05, 0.1) is 5.69 Å².